The molecule has 31 heavy (non-hydrogen) atoms. The van der Waals surface area contributed by atoms with Gasteiger partial charge in [0, 0.05) is 36.6 Å². The fourth-order valence-corrected chi connectivity index (χ4v) is 3.93. The number of nitrogens with zero attached hydrogens (tertiary/aromatic N) is 2. The molecule has 2 heterocycles. The van der Waals surface area contributed by atoms with Gasteiger partial charge in [0.05, 0.1) is 22.4 Å². The molecule has 2 aromatic carbocycles. The fourth-order valence-electron chi connectivity index (χ4n) is 3.93. The maximum absolute atomic E-state index is 12.8. The monoisotopic (exact) mass is 416 g/mol. The molecule has 0 radical (unpaired) electrons. The van der Waals surface area contributed by atoms with E-state index in [0.29, 0.717) is 5.92 Å². The van der Waals surface area contributed by atoms with Gasteiger partial charge in [-0.15, -0.1) is 0 Å². The summed E-state index contributed by atoms with van der Waals surface area (Å²) in [7, 11) is 0. The SMILES string of the molecule is CC(=O)Nc1cccc2c1ccn2CC(=O)Nc1cccc2c1ccn2CCC(C)C. The standard InChI is InChI=1S/C25H28N4O2/c1-17(2)10-13-28-14-11-20-22(7-5-8-23(20)28)27-25(31)16-29-15-12-19-21(26-18(3)30)6-4-9-24(19)29/h4-9,11-12,14-15,17H,10,13,16H2,1-3H3,(H,26,30)(H,27,31). The quantitative estimate of drug-likeness (QED) is 0.433. The third-order valence-electron chi connectivity index (χ3n) is 5.47. The van der Waals surface area contributed by atoms with E-state index >= 15 is 0 Å². The summed E-state index contributed by atoms with van der Waals surface area (Å²) in [6.45, 7) is 7.09. The number of rotatable bonds is 7. The summed E-state index contributed by atoms with van der Waals surface area (Å²) in [6, 6.07) is 15.7. The van der Waals surface area contributed by atoms with Crippen LogP contribution in [-0.2, 0) is 22.7 Å². The lowest BCUT2D eigenvalue weighted by Crippen LogP contribution is -2.18. The van der Waals surface area contributed by atoms with Gasteiger partial charge >= 0.3 is 0 Å². The van der Waals surface area contributed by atoms with Crippen molar-refractivity contribution < 1.29 is 9.59 Å². The zero-order valence-corrected chi connectivity index (χ0v) is 18.2. The Hall–Kier alpha value is -3.54. The third kappa shape index (κ3) is 4.48. The lowest BCUT2D eigenvalue weighted by atomic mass is 10.1. The van der Waals surface area contributed by atoms with Crippen molar-refractivity contribution >= 4 is 45.0 Å². The van der Waals surface area contributed by atoms with Crippen molar-refractivity contribution in [3.8, 4) is 0 Å². The van der Waals surface area contributed by atoms with E-state index in [0.717, 1.165) is 46.1 Å². The second kappa shape index (κ2) is 8.68. The molecule has 2 N–H and O–H groups in total. The average Bonchev–Trinajstić information content (AvgIpc) is 3.31. The zero-order chi connectivity index (χ0) is 22.0. The predicted octanol–water partition coefficient (Wildman–Crippen LogP) is 5.24. The number of aryl methyl sites for hydroxylation is 1. The highest BCUT2D eigenvalue weighted by Crippen LogP contribution is 2.27. The minimum Gasteiger partial charge on any atom is -0.347 e. The molecular weight excluding hydrogens is 388 g/mol. The van der Waals surface area contributed by atoms with Gasteiger partial charge in [0.1, 0.15) is 6.54 Å². The smallest absolute Gasteiger partial charge is 0.244 e. The van der Waals surface area contributed by atoms with Crippen molar-refractivity contribution in [1.29, 1.82) is 0 Å². The Labute approximate surface area is 181 Å². The molecule has 2 amide bonds. The molecule has 0 aliphatic heterocycles. The minimum atomic E-state index is -0.119. The molecule has 0 saturated carbocycles. The molecule has 0 saturated heterocycles. The normalized spacial score (nSPS) is 11.4. The minimum absolute atomic E-state index is 0.0927. The number of anilines is 2. The summed E-state index contributed by atoms with van der Waals surface area (Å²) in [5, 5.41) is 7.87. The Morgan fingerprint density at radius 2 is 1.42 bits per heavy atom. The van der Waals surface area contributed by atoms with Gasteiger partial charge in [-0.3, -0.25) is 9.59 Å². The first-order valence-electron chi connectivity index (χ1n) is 10.7. The van der Waals surface area contributed by atoms with Crippen LogP contribution in [0, 0.1) is 5.92 Å². The maximum atomic E-state index is 12.8. The fraction of sp³-hybridized carbons (Fsp3) is 0.280. The van der Waals surface area contributed by atoms with Crippen LogP contribution in [-0.4, -0.2) is 20.9 Å². The molecule has 0 bridgehead atoms. The van der Waals surface area contributed by atoms with Crippen LogP contribution in [0.2, 0.25) is 0 Å². The van der Waals surface area contributed by atoms with Gasteiger partial charge < -0.3 is 19.8 Å². The summed E-state index contributed by atoms with van der Waals surface area (Å²) in [5.74, 6) is 0.430. The number of hydrogen-bond donors (Lipinski definition) is 2. The van der Waals surface area contributed by atoms with Crippen molar-refractivity contribution in [1.82, 2.24) is 9.13 Å². The van der Waals surface area contributed by atoms with Crippen LogP contribution in [0.25, 0.3) is 21.8 Å². The Morgan fingerprint density at radius 3 is 2.03 bits per heavy atom. The molecule has 160 valence electrons. The number of aromatic nitrogens is 2. The van der Waals surface area contributed by atoms with Gasteiger partial charge in [0.25, 0.3) is 0 Å². The van der Waals surface area contributed by atoms with E-state index in [9.17, 15) is 9.59 Å². The second-order valence-corrected chi connectivity index (χ2v) is 8.34. The summed E-state index contributed by atoms with van der Waals surface area (Å²) < 4.78 is 4.14. The Morgan fingerprint density at radius 1 is 0.839 bits per heavy atom. The largest absolute Gasteiger partial charge is 0.347 e. The number of nitrogens with one attached hydrogen (secondary N) is 2. The summed E-state index contributed by atoms with van der Waals surface area (Å²) in [4.78, 5) is 24.3. The van der Waals surface area contributed by atoms with E-state index in [2.05, 4.69) is 47.4 Å². The molecule has 0 aliphatic carbocycles. The van der Waals surface area contributed by atoms with Gasteiger partial charge in [-0.2, -0.15) is 0 Å². The van der Waals surface area contributed by atoms with E-state index < -0.39 is 0 Å². The molecule has 0 fully saturated rings. The van der Waals surface area contributed by atoms with E-state index in [-0.39, 0.29) is 18.4 Å². The number of carbonyl (C=O) groups excluding carboxylic acids is 2. The number of hydrogen-bond acceptors (Lipinski definition) is 2. The van der Waals surface area contributed by atoms with E-state index in [1.807, 2.05) is 47.2 Å². The molecule has 6 nitrogen and oxygen atoms in total. The summed E-state index contributed by atoms with van der Waals surface area (Å²) >= 11 is 0. The Balaban J connectivity index is 1.53. The Bertz CT molecular complexity index is 1250. The predicted molar refractivity (Wildman–Crippen MR) is 126 cm³/mol. The highest BCUT2D eigenvalue weighted by molar-refractivity contribution is 6.03. The van der Waals surface area contributed by atoms with Crippen LogP contribution >= 0.6 is 0 Å². The van der Waals surface area contributed by atoms with Gasteiger partial charge in [-0.05, 0) is 48.7 Å². The number of amides is 2. The van der Waals surface area contributed by atoms with Gasteiger partial charge in [0.2, 0.25) is 11.8 Å². The van der Waals surface area contributed by atoms with E-state index in [1.165, 1.54) is 6.92 Å². The highest BCUT2D eigenvalue weighted by atomic mass is 16.2. The van der Waals surface area contributed by atoms with Crippen molar-refractivity contribution in [2.75, 3.05) is 10.6 Å². The van der Waals surface area contributed by atoms with Crippen LogP contribution < -0.4 is 10.6 Å². The van der Waals surface area contributed by atoms with Crippen molar-refractivity contribution in [2.24, 2.45) is 5.92 Å². The molecular formula is C25H28N4O2. The van der Waals surface area contributed by atoms with Gasteiger partial charge in [-0.1, -0.05) is 26.0 Å². The number of carbonyl (C=O) groups is 2. The third-order valence-corrected chi connectivity index (χ3v) is 5.47. The first-order valence-corrected chi connectivity index (χ1v) is 10.7. The molecule has 4 aromatic rings. The Kier molecular flexibility index (Phi) is 5.80. The van der Waals surface area contributed by atoms with Crippen molar-refractivity contribution in [3.05, 3.63) is 60.9 Å². The molecule has 0 atom stereocenters. The highest BCUT2D eigenvalue weighted by Gasteiger charge is 2.12. The second-order valence-electron chi connectivity index (χ2n) is 8.34. The molecule has 0 aliphatic rings. The molecule has 6 heteroatoms. The maximum Gasteiger partial charge on any atom is 0.244 e. The van der Waals surface area contributed by atoms with Gasteiger partial charge in [-0.25, -0.2) is 0 Å². The first kappa shape index (κ1) is 20.7. The van der Waals surface area contributed by atoms with E-state index in [1.54, 1.807) is 0 Å². The number of benzene rings is 2. The van der Waals surface area contributed by atoms with Crippen LogP contribution in [0.4, 0.5) is 11.4 Å². The lowest BCUT2D eigenvalue weighted by Gasteiger charge is -2.11. The summed E-state index contributed by atoms with van der Waals surface area (Å²) in [6.07, 6.45) is 5.08. The molecule has 0 unspecified atom stereocenters. The molecule has 4 rings (SSSR count). The average molecular weight is 417 g/mol. The van der Waals surface area contributed by atoms with Crippen LogP contribution in [0.3, 0.4) is 0 Å². The molecule has 2 aromatic heterocycles. The number of fused-ring (bicyclic) bond motifs is 2. The van der Waals surface area contributed by atoms with E-state index in [4.69, 9.17) is 0 Å². The van der Waals surface area contributed by atoms with Crippen molar-refractivity contribution in [2.45, 2.75) is 40.3 Å². The van der Waals surface area contributed by atoms with Crippen LogP contribution in [0.5, 0.6) is 0 Å². The topological polar surface area (TPSA) is 68.1 Å². The van der Waals surface area contributed by atoms with Gasteiger partial charge in [0.15, 0.2) is 0 Å². The molecule has 0 spiro atoms. The van der Waals surface area contributed by atoms with Crippen LogP contribution in [0.15, 0.2) is 60.9 Å². The zero-order valence-electron chi connectivity index (χ0n) is 18.2. The van der Waals surface area contributed by atoms with Crippen LogP contribution in [0.1, 0.15) is 27.2 Å². The first-order chi connectivity index (χ1) is 14.9. The lowest BCUT2D eigenvalue weighted by molar-refractivity contribution is -0.116. The summed E-state index contributed by atoms with van der Waals surface area (Å²) in [5.41, 5.74) is 3.60. The van der Waals surface area contributed by atoms with Crippen molar-refractivity contribution in [3.63, 3.8) is 0 Å².